The highest BCUT2D eigenvalue weighted by atomic mass is 16.5. The number of hydrogen-bond acceptors (Lipinski definition) is 6. The summed E-state index contributed by atoms with van der Waals surface area (Å²) in [5, 5.41) is 1.01. The van der Waals surface area contributed by atoms with Crippen molar-refractivity contribution < 1.29 is 9.53 Å². The molecule has 0 saturated heterocycles. The van der Waals surface area contributed by atoms with Crippen LogP contribution < -0.4 is 4.90 Å². The van der Waals surface area contributed by atoms with E-state index in [0.29, 0.717) is 12.3 Å². The lowest BCUT2D eigenvalue weighted by Crippen LogP contribution is -2.38. The minimum Gasteiger partial charge on any atom is -0.461 e. The number of nitrogens with zero attached hydrogens (tertiary/aromatic N) is 5. The van der Waals surface area contributed by atoms with Gasteiger partial charge in [0.25, 0.3) is 0 Å². The third-order valence-electron chi connectivity index (χ3n) is 4.68. The summed E-state index contributed by atoms with van der Waals surface area (Å²) in [6, 6.07) is 2.25. The molecule has 1 unspecified atom stereocenters. The Kier molecular flexibility index (Phi) is 3.87. The number of carbonyl (C=O) groups is 1. The summed E-state index contributed by atoms with van der Waals surface area (Å²) in [6.07, 6.45) is 6.95. The van der Waals surface area contributed by atoms with Gasteiger partial charge in [-0.25, -0.2) is 19.7 Å². The second kappa shape index (κ2) is 6.19. The first-order chi connectivity index (χ1) is 12.2. The third-order valence-corrected chi connectivity index (χ3v) is 4.68. The van der Waals surface area contributed by atoms with E-state index in [9.17, 15) is 4.79 Å². The van der Waals surface area contributed by atoms with E-state index in [2.05, 4.69) is 24.8 Å². The Labute approximate surface area is 144 Å². The SMILES string of the molecule is CCOC(=O)c1cn2c(n1)CC(N(C)c1ncnc3[nH]ccc13)CC2. The molecule has 0 spiro atoms. The monoisotopic (exact) mass is 340 g/mol. The fourth-order valence-corrected chi connectivity index (χ4v) is 3.36. The largest absolute Gasteiger partial charge is 0.461 e. The summed E-state index contributed by atoms with van der Waals surface area (Å²) in [7, 11) is 2.05. The number of anilines is 1. The molecule has 0 saturated carbocycles. The molecule has 0 amide bonds. The Morgan fingerprint density at radius 3 is 3.20 bits per heavy atom. The van der Waals surface area contributed by atoms with Gasteiger partial charge in [0.2, 0.25) is 0 Å². The van der Waals surface area contributed by atoms with Gasteiger partial charge in [-0.05, 0) is 19.4 Å². The van der Waals surface area contributed by atoms with Gasteiger partial charge >= 0.3 is 5.97 Å². The van der Waals surface area contributed by atoms with Crippen molar-refractivity contribution in [1.29, 1.82) is 0 Å². The smallest absolute Gasteiger partial charge is 0.358 e. The second-order valence-electron chi connectivity index (χ2n) is 6.15. The van der Waals surface area contributed by atoms with Gasteiger partial charge in [0.1, 0.15) is 23.6 Å². The summed E-state index contributed by atoms with van der Waals surface area (Å²) < 4.78 is 7.09. The van der Waals surface area contributed by atoms with E-state index in [4.69, 9.17) is 4.74 Å². The molecule has 8 heteroatoms. The van der Waals surface area contributed by atoms with Crippen molar-refractivity contribution in [2.75, 3.05) is 18.6 Å². The highest BCUT2D eigenvalue weighted by molar-refractivity contribution is 5.87. The number of nitrogens with one attached hydrogen (secondary N) is 1. The van der Waals surface area contributed by atoms with Crippen molar-refractivity contribution >= 4 is 22.8 Å². The molecule has 3 aromatic rings. The Morgan fingerprint density at radius 2 is 2.36 bits per heavy atom. The minimum atomic E-state index is -0.362. The Morgan fingerprint density at radius 1 is 1.48 bits per heavy atom. The molecule has 0 radical (unpaired) electrons. The molecule has 8 nitrogen and oxygen atoms in total. The first-order valence-electron chi connectivity index (χ1n) is 8.41. The lowest BCUT2D eigenvalue weighted by molar-refractivity contribution is 0.0520. The van der Waals surface area contributed by atoms with Crippen LogP contribution in [0.15, 0.2) is 24.8 Å². The molecule has 0 fully saturated rings. The maximum atomic E-state index is 11.9. The maximum Gasteiger partial charge on any atom is 0.358 e. The number of aryl methyl sites for hydroxylation is 1. The van der Waals surface area contributed by atoms with E-state index < -0.39 is 0 Å². The quantitative estimate of drug-likeness (QED) is 0.728. The summed E-state index contributed by atoms with van der Waals surface area (Å²) in [4.78, 5) is 30.4. The maximum absolute atomic E-state index is 11.9. The first kappa shape index (κ1) is 15.6. The van der Waals surface area contributed by atoms with Crippen LogP contribution in [0.1, 0.15) is 29.7 Å². The predicted molar refractivity (Wildman–Crippen MR) is 92.6 cm³/mol. The lowest BCUT2D eigenvalue weighted by atomic mass is 10.0. The van der Waals surface area contributed by atoms with Crippen molar-refractivity contribution in [1.82, 2.24) is 24.5 Å². The minimum absolute atomic E-state index is 0.262. The number of ether oxygens (including phenoxy) is 1. The number of aromatic amines is 1. The van der Waals surface area contributed by atoms with Crippen LogP contribution in [-0.2, 0) is 17.7 Å². The van der Waals surface area contributed by atoms with Gasteiger partial charge < -0.3 is 19.2 Å². The van der Waals surface area contributed by atoms with E-state index in [-0.39, 0.29) is 12.0 Å². The molecule has 3 aromatic heterocycles. The molecule has 4 heterocycles. The van der Waals surface area contributed by atoms with Crippen LogP contribution in [0.25, 0.3) is 11.0 Å². The molecular formula is C17H20N6O2. The number of carbonyl (C=O) groups excluding carboxylic acids is 1. The van der Waals surface area contributed by atoms with Crippen LogP contribution in [-0.4, -0.2) is 50.2 Å². The fourth-order valence-electron chi connectivity index (χ4n) is 3.36. The van der Waals surface area contributed by atoms with Crippen molar-refractivity contribution in [2.24, 2.45) is 0 Å². The normalized spacial score (nSPS) is 16.6. The van der Waals surface area contributed by atoms with Gasteiger partial charge in [0.15, 0.2) is 5.69 Å². The average Bonchev–Trinajstić information content (AvgIpc) is 3.26. The van der Waals surface area contributed by atoms with Crippen LogP contribution in [0.3, 0.4) is 0 Å². The summed E-state index contributed by atoms with van der Waals surface area (Å²) in [5.41, 5.74) is 1.22. The zero-order chi connectivity index (χ0) is 17.4. The van der Waals surface area contributed by atoms with Crippen LogP contribution in [0.2, 0.25) is 0 Å². The summed E-state index contributed by atoms with van der Waals surface area (Å²) in [6.45, 7) is 2.97. The molecular weight excluding hydrogens is 320 g/mol. The number of fused-ring (bicyclic) bond motifs is 2. The Bertz CT molecular complexity index is 915. The van der Waals surface area contributed by atoms with Gasteiger partial charge in [0, 0.05) is 38.4 Å². The molecule has 0 aliphatic carbocycles. The van der Waals surface area contributed by atoms with Crippen molar-refractivity contribution in [2.45, 2.75) is 32.4 Å². The van der Waals surface area contributed by atoms with E-state index in [0.717, 1.165) is 42.1 Å². The van der Waals surface area contributed by atoms with Crippen LogP contribution >= 0.6 is 0 Å². The zero-order valence-corrected chi connectivity index (χ0v) is 14.3. The van der Waals surface area contributed by atoms with Crippen LogP contribution in [0, 0.1) is 0 Å². The Hall–Kier alpha value is -2.90. The van der Waals surface area contributed by atoms with Crippen molar-refractivity contribution in [3.63, 3.8) is 0 Å². The number of likely N-dealkylation sites (N-methyl/N-ethyl adjacent to an activating group) is 1. The molecule has 1 atom stereocenters. The van der Waals surface area contributed by atoms with E-state index >= 15 is 0 Å². The molecule has 1 aliphatic heterocycles. The molecule has 1 aliphatic rings. The lowest BCUT2D eigenvalue weighted by Gasteiger charge is -2.32. The van der Waals surface area contributed by atoms with Gasteiger partial charge in [-0.1, -0.05) is 0 Å². The fraction of sp³-hybridized carbons (Fsp3) is 0.412. The number of hydrogen-bond donors (Lipinski definition) is 1. The average molecular weight is 340 g/mol. The standard InChI is InChI=1S/C17H20N6O2/c1-3-25-17(24)13-9-23-7-5-11(8-14(23)21-13)22(2)16-12-4-6-18-15(12)19-10-20-16/h4,6,9-11H,3,5,7-8H2,1-2H3,(H,18,19,20). The Balaban J connectivity index is 1.57. The van der Waals surface area contributed by atoms with Crippen LogP contribution in [0.4, 0.5) is 5.82 Å². The van der Waals surface area contributed by atoms with Gasteiger partial charge in [0.05, 0.1) is 12.0 Å². The molecule has 25 heavy (non-hydrogen) atoms. The predicted octanol–water partition coefficient (Wildman–Crippen LogP) is 1.78. The number of imidazole rings is 1. The van der Waals surface area contributed by atoms with Gasteiger partial charge in [-0.3, -0.25) is 0 Å². The second-order valence-corrected chi connectivity index (χ2v) is 6.15. The number of rotatable bonds is 4. The topological polar surface area (TPSA) is 88.9 Å². The molecule has 130 valence electrons. The van der Waals surface area contributed by atoms with E-state index in [1.807, 2.05) is 23.9 Å². The molecule has 0 bridgehead atoms. The number of H-pyrrole nitrogens is 1. The van der Waals surface area contributed by atoms with E-state index in [1.165, 1.54) is 0 Å². The van der Waals surface area contributed by atoms with Crippen LogP contribution in [0.5, 0.6) is 0 Å². The van der Waals surface area contributed by atoms with E-state index in [1.54, 1.807) is 19.4 Å². The first-order valence-corrected chi connectivity index (χ1v) is 8.41. The molecule has 0 aromatic carbocycles. The molecule has 4 rings (SSSR count). The van der Waals surface area contributed by atoms with Gasteiger partial charge in [-0.15, -0.1) is 0 Å². The summed E-state index contributed by atoms with van der Waals surface area (Å²) >= 11 is 0. The van der Waals surface area contributed by atoms with Crippen molar-refractivity contribution in [3.05, 3.63) is 36.3 Å². The number of esters is 1. The molecule has 1 N–H and O–H groups in total. The number of aromatic nitrogens is 5. The van der Waals surface area contributed by atoms with Crippen molar-refractivity contribution in [3.8, 4) is 0 Å². The third kappa shape index (κ3) is 2.73. The summed E-state index contributed by atoms with van der Waals surface area (Å²) in [5.74, 6) is 1.45. The highest BCUT2D eigenvalue weighted by Gasteiger charge is 2.27. The van der Waals surface area contributed by atoms with Gasteiger partial charge in [-0.2, -0.15) is 0 Å². The zero-order valence-electron chi connectivity index (χ0n) is 14.3. The highest BCUT2D eigenvalue weighted by Crippen LogP contribution is 2.27.